The Morgan fingerprint density at radius 2 is 2.00 bits per heavy atom. The van der Waals surface area contributed by atoms with E-state index in [0.29, 0.717) is 36.8 Å². The third-order valence-corrected chi connectivity index (χ3v) is 5.09. The van der Waals surface area contributed by atoms with Crippen molar-refractivity contribution >= 4 is 34.4 Å². The molecule has 0 atom stereocenters. The fourth-order valence-electron chi connectivity index (χ4n) is 3.38. The fourth-order valence-corrected chi connectivity index (χ4v) is 3.75. The molecule has 1 aromatic heterocycles. The molecule has 6 nitrogen and oxygen atoms in total. The first-order chi connectivity index (χ1) is 12.0. The molecule has 3 rings (SSSR count). The summed E-state index contributed by atoms with van der Waals surface area (Å²) in [7, 11) is 1.81. The van der Waals surface area contributed by atoms with E-state index in [-0.39, 0.29) is 24.9 Å². The molecule has 7 heteroatoms. The number of aliphatic carboxylic acids is 1. The standard InChI is InChI=1S/C18H21ClN2O4/c1-20-14-5-3-2-4-13(14)16(19)17(20)18(24)21(9-6-15(22)23)12-7-10-25-11-8-12/h2-5,12H,6-11H2,1H3,(H,22,23). The van der Waals surface area contributed by atoms with E-state index in [0.717, 1.165) is 10.9 Å². The summed E-state index contributed by atoms with van der Waals surface area (Å²) in [5.74, 6) is -1.15. The molecule has 1 fully saturated rings. The minimum absolute atomic E-state index is 0.0327. The monoisotopic (exact) mass is 364 g/mol. The number of carbonyl (C=O) groups excluding carboxylic acids is 1. The molecule has 0 saturated carbocycles. The average molecular weight is 365 g/mol. The van der Waals surface area contributed by atoms with Gasteiger partial charge in [-0.1, -0.05) is 29.8 Å². The van der Waals surface area contributed by atoms with Crippen molar-refractivity contribution in [1.29, 1.82) is 0 Å². The highest BCUT2D eigenvalue weighted by atomic mass is 35.5. The van der Waals surface area contributed by atoms with Crippen molar-refractivity contribution in [2.45, 2.75) is 25.3 Å². The van der Waals surface area contributed by atoms with E-state index in [1.165, 1.54) is 0 Å². The SMILES string of the molecule is Cn1c(C(=O)N(CCC(=O)O)C2CCOCC2)c(Cl)c2ccccc21. The molecule has 1 N–H and O–H groups in total. The number of aromatic nitrogens is 1. The number of carboxylic acid groups (broad SMARTS) is 1. The van der Waals surface area contributed by atoms with Gasteiger partial charge >= 0.3 is 5.97 Å². The molecule has 0 spiro atoms. The summed E-state index contributed by atoms with van der Waals surface area (Å²) in [6.45, 7) is 1.31. The van der Waals surface area contributed by atoms with Crippen LogP contribution < -0.4 is 0 Å². The minimum Gasteiger partial charge on any atom is -0.481 e. The Bertz CT molecular complexity index is 757. The van der Waals surface area contributed by atoms with Crippen LogP contribution >= 0.6 is 11.6 Å². The maximum atomic E-state index is 13.3. The van der Waals surface area contributed by atoms with Gasteiger partial charge in [0.05, 0.1) is 11.4 Å². The van der Waals surface area contributed by atoms with Gasteiger partial charge in [-0.15, -0.1) is 0 Å². The number of benzene rings is 1. The number of hydrogen-bond donors (Lipinski definition) is 1. The number of para-hydroxylation sites is 1. The maximum absolute atomic E-state index is 13.3. The van der Waals surface area contributed by atoms with E-state index in [1.807, 2.05) is 24.3 Å². The quantitative estimate of drug-likeness (QED) is 0.885. The van der Waals surface area contributed by atoms with Gasteiger partial charge in [0.2, 0.25) is 0 Å². The third kappa shape index (κ3) is 3.50. The normalized spacial score (nSPS) is 15.4. The fraction of sp³-hybridized carbons (Fsp3) is 0.444. The molecule has 1 aliphatic rings. The molecule has 25 heavy (non-hydrogen) atoms. The number of fused-ring (bicyclic) bond motifs is 1. The lowest BCUT2D eigenvalue weighted by Crippen LogP contribution is -2.45. The van der Waals surface area contributed by atoms with Crippen LogP contribution in [-0.2, 0) is 16.6 Å². The summed E-state index contributed by atoms with van der Waals surface area (Å²) in [5.41, 5.74) is 1.28. The lowest BCUT2D eigenvalue weighted by Gasteiger charge is -2.34. The van der Waals surface area contributed by atoms with Gasteiger partial charge in [-0.3, -0.25) is 9.59 Å². The number of ether oxygens (including phenoxy) is 1. The van der Waals surface area contributed by atoms with Crippen LogP contribution in [0.15, 0.2) is 24.3 Å². The Hall–Kier alpha value is -2.05. The van der Waals surface area contributed by atoms with Crippen molar-refractivity contribution in [3.63, 3.8) is 0 Å². The van der Waals surface area contributed by atoms with Crippen molar-refractivity contribution in [3.05, 3.63) is 35.0 Å². The Morgan fingerprint density at radius 1 is 1.32 bits per heavy atom. The van der Waals surface area contributed by atoms with Crippen LogP contribution in [0.3, 0.4) is 0 Å². The molecule has 1 saturated heterocycles. The first kappa shape index (κ1) is 17.8. The lowest BCUT2D eigenvalue weighted by atomic mass is 10.1. The highest BCUT2D eigenvalue weighted by molar-refractivity contribution is 6.38. The van der Waals surface area contributed by atoms with Crippen LogP contribution in [0.2, 0.25) is 5.02 Å². The van der Waals surface area contributed by atoms with Gasteiger partial charge in [-0.25, -0.2) is 0 Å². The van der Waals surface area contributed by atoms with Crippen LogP contribution in [0.1, 0.15) is 29.8 Å². The van der Waals surface area contributed by atoms with E-state index in [2.05, 4.69) is 0 Å². The molecule has 1 amide bonds. The molecular weight excluding hydrogens is 344 g/mol. The maximum Gasteiger partial charge on any atom is 0.305 e. The summed E-state index contributed by atoms with van der Waals surface area (Å²) in [4.78, 5) is 25.9. The van der Waals surface area contributed by atoms with Crippen molar-refractivity contribution in [2.24, 2.45) is 7.05 Å². The zero-order chi connectivity index (χ0) is 18.0. The number of amides is 1. The van der Waals surface area contributed by atoms with Crippen molar-refractivity contribution in [1.82, 2.24) is 9.47 Å². The Balaban J connectivity index is 1.97. The van der Waals surface area contributed by atoms with E-state index < -0.39 is 5.97 Å². The van der Waals surface area contributed by atoms with Crippen molar-refractivity contribution in [3.8, 4) is 0 Å². The van der Waals surface area contributed by atoms with Crippen LogP contribution in [0.5, 0.6) is 0 Å². The number of aryl methyl sites for hydroxylation is 1. The average Bonchev–Trinajstić information content (AvgIpc) is 2.87. The van der Waals surface area contributed by atoms with Gasteiger partial charge in [0, 0.05) is 43.8 Å². The first-order valence-corrected chi connectivity index (χ1v) is 8.72. The topological polar surface area (TPSA) is 71.8 Å². The summed E-state index contributed by atoms with van der Waals surface area (Å²) >= 11 is 6.49. The zero-order valence-electron chi connectivity index (χ0n) is 14.1. The molecule has 1 aromatic carbocycles. The van der Waals surface area contributed by atoms with Gasteiger partial charge < -0.3 is 19.3 Å². The predicted molar refractivity (Wildman–Crippen MR) is 95.1 cm³/mol. The van der Waals surface area contributed by atoms with Gasteiger partial charge in [-0.2, -0.15) is 0 Å². The zero-order valence-corrected chi connectivity index (χ0v) is 14.8. The number of hydrogen-bond acceptors (Lipinski definition) is 3. The van der Waals surface area contributed by atoms with Crippen molar-refractivity contribution in [2.75, 3.05) is 19.8 Å². The Labute approximate surface area is 150 Å². The number of halogens is 1. The van der Waals surface area contributed by atoms with Gasteiger partial charge in [0.15, 0.2) is 0 Å². The van der Waals surface area contributed by atoms with E-state index in [4.69, 9.17) is 21.4 Å². The van der Waals surface area contributed by atoms with E-state index in [1.54, 1.807) is 16.5 Å². The molecule has 2 aromatic rings. The largest absolute Gasteiger partial charge is 0.481 e. The summed E-state index contributed by atoms with van der Waals surface area (Å²) < 4.78 is 7.16. The molecular formula is C18H21ClN2O4. The van der Waals surface area contributed by atoms with E-state index in [9.17, 15) is 9.59 Å². The van der Waals surface area contributed by atoms with Crippen molar-refractivity contribution < 1.29 is 19.4 Å². The molecule has 0 bridgehead atoms. The second kappa shape index (κ2) is 7.45. The first-order valence-electron chi connectivity index (χ1n) is 8.34. The molecule has 2 heterocycles. The van der Waals surface area contributed by atoms with Gasteiger partial charge in [-0.05, 0) is 18.9 Å². The highest BCUT2D eigenvalue weighted by Gasteiger charge is 2.30. The number of nitrogens with zero attached hydrogens (tertiary/aromatic N) is 2. The van der Waals surface area contributed by atoms with Gasteiger partial charge in [0.1, 0.15) is 5.69 Å². The summed E-state index contributed by atoms with van der Waals surface area (Å²) in [5, 5.41) is 10.3. The molecule has 1 aliphatic heterocycles. The van der Waals surface area contributed by atoms with E-state index >= 15 is 0 Å². The van der Waals surface area contributed by atoms with Gasteiger partial charge in [0.25, 0.3) is 5.91 Å². The highest BCUT2D eigenvalue weighted by Crippen LogP contribution is 2.31. The molecule has 0 radical (unpaired) electrons. The molecule has 0 aliphatic carbocycles. The number of carbonyl (C=O) groups is 2. The minimum atomic E-state index is -0.923. The number of rotatable bonds is 5. The molecule has 134 valence electrons. The van der Waals surface area contributed by atoms with Crippen LogP contribution in [0.4, 0.5) is 0 Å². The number of carboxylic acids is 1. The van der Waals surface area contributed by atoms with Crippen LogP contribution in [0, 0.1) is 0 Å². The smallest absolute Gasteiger partial charge is 0.305 e. The Kier molecular flexibility index (Phi) is 5.30. The summed E-state index contributed by atoms with van der Waals surface area (Å²) in [6.07, 6.45) is 1.31. The van der Waals surface area contributed by atoms with Crippen LogP contribution in [-0.4, -0.2) is 52.3 Å². The second-order valence-electron chi connectivity index (χ2n) is 6.22. The summed E-state index contributed by atoms with van der Waals surface area (Å²) in [6, 6.07) is 7.53. The van der Waals surface area contributed by atoms with Crippen LogP contribution in [0.25, 0.3) is 10.9 Å². The predicted octanol–water partition coefficient (Wildman–Crippen LogP) is 2.93. The molecule has 0 unspecified atom stereocenters. The Morgan fingerprint density at radius 3 is 2.64 bits per heavy atom. The third-order valence-electron chi connectivity index (χ3n) is 4.71. The second-order valence-corrected chi connectivity index (χ2v) is 6.60. The lowest BCUT2D eigenvalue weighted by molar-refractivity contribution is -0.137.